The summed E-state index contributed by atoms with van der Waals surface area (Å²) in [5, 5.41) is 3.07. The maximum Gasteiger partial charge on any atom is 0.234 e. The lowest BCUT2D eigenvalue weighted by atomic mass is 10.2. The van der Waals surface area contributed by atoms with E-state index in [1.165, 1.54) is 12.8 Å². The SMILES string of the molecule is CC(CC(N)=S)N(C)CC(=O)NC1CCCC1. The molecule has 0 heterocycles. The minimum atomic E-state index is 0.106. The van der Waals surface area contributed by atoms with E-state index in [1.54, 1.807) is 0 Å². The van der Waals surface area contributed by atoms with Gasteiger partial charge in [0.2, 0.25) is 5.91 Å². The van der Waals surface area contributed by atoms with Gasteiger partial charge < -0.3 is 11.1 Å². The molecule has 17 heavy (non-hydrogen) atoms. The fraction of sp³-hybridized carbons (Fsp3) is 0.833. The van der Waals surface area contributed by atoms with Crippen molar-refractivity contribution in [1.29, 1.82) is 0 Å². The maximum atomic E-state index is 11.8. The Hall–Kier alpha value is -0.680. The van der Waals surface area contributed by atoms with E-state index in [9.17, 15) is 4.79 Å². The van der Waals surface area contributed by atoms with Crippen LogP contribution >= 0.6 is 12.2 Å². The van der Waals surface area contributed by atoms with Crippen molar-refractivity contribution in [3.05, 3.63) is 0 Å². The van der Waals surface area contributed by atoms with Crippen molar-refractivity contribution >= 4 is 23.1 Å². The van der Waals surface area contributed by atoms with E-state index in [0.717, 1.165) is 12.8 Å². The van der Waals surface area contributed by atoms with Gasteiger partial charge in [0, 0.05) is 18.5 Å². The molecule has 0 aliphatic heterocycles. The first kappa shape index (κ1) is 14.4. The predicted molar refractivity (Wildman–Crippen MR) is 73.9 cm³/mol. The van der Waals surface area contributed by atoms with Gasteiger partial charge >= 0.3 is 0 Å². The third kappa shape index (κ3) is 5.46. The molecule has 0 aromatic carbocycles. The fourth-order valence-corrected chi connectivity index (χ4v) is 2.41. The van der Waals surface area contributed by atoms with Crippen LogP contribution in [0.3, 0.4) is 0 Å². The van der Waals surface area contributed by atoms with Crippen LogP contribution in [0.25, 0.3) is 0 Å². The van der Waals surface area contributed by atoms with E-state index < -0.39 is 0 Å². The Labute approximate surface area is 109 Å². The topological polar surface area (TPSA) is 58.4 Å². The number of amides is 1. The molecule has 1 atom stereocenters. The highest BCUT2D eigenvalue weighted by Crippen LogP contribution is 2.17. The predicted octanol–water partition coefficient (Wildman–Crippen LogP) is 1.04. The number of carbonyl (C=O) groups is 1. The van der Waals surface area contributed by atoms with Crippen LogP contribution in [0.1, 0.15) is 39.0 Å². The van der Waals surface area contributed by atoms with Gasteiger partial charge in [0.05, 0.1) is 11.5 Å². The van der Waals surface area contributed by atoms with Crippen LogP contribution in [-0.4, -0.2) is 41.5 Å². The summed E-state index contributed by atoms with van der Waals surface area (Å²) in [4.78, 5) is 14.3. The van der Waals surface area contributed by atoms with E-state index in [1.807, 2.05) is 18.9 Å². The lowest BCUT2D eigenvalue weighted by Gasteiger charge is -2.24. The lowest BCUT2D eigenvalue weighted by molar-refractivity contribution is -0.123. The summed E-state index contributed by atoms with van der Waals surface area (Å²) in [7, 11) is 1.93. The van der Waals surface area contributed by atoms with Gasteiger partial charge in [0.15, 0.2) is 0 Å². The van der Waals surface area contributed by atoms with Gasteiger partial charge in [-0.1, -0.05) is 25.1 Å². The molecule has 1 fully saturated rings. The molecule has 1 aliphatic carbocycles. The fourth-order valence-electron chi connectivity index (χ4n) is 2.17. The van der Waals surface area contributed by atoms with Crippen LogP contribution in [0.4, 0.5) is 0 Å². The summed E-state index contributed by atoms with van der Waals surface area (Å²) >= 11 is 4.87. The van der Waals surface area contributed by atoms with E-state index >= 15 is 0 Å². The zero-order valence-electron chi connectivity index (χ0n) is 10.7. The summed E-state index contributed by atoms with van der Waals surface area (Å²) in [6.45, 7) is 2.45. The van der Waals surface area contributed by atoms with Gasteiger partial charge in [-0.3, -0.25) is 9.69 Å². The molecule has 4 nitrogen and oxygen atoms in total. The molecule has 0 spiro atoms. The first-order valence-electron chi connectivity index (χ1n) is 6.27. The Bertz CT molecular complexity index is 277. The summed E-state index contributed by atoms with van der Waals surface area (Å²) in [5.74, 6) is 0.106. The van der Waals surface area contributed by atoms with Gasteiger partial charge in [-0.2, -0.15) is 0 Å². The van der Waals surface area contributed by atoms with E-state index in [4.69, 9.17) is 18.0 Å². The first-order chi connectivity index (χ1) is 7.99. The van der Waals surface area contributed by atoms with Gasteiger partial charge in [0.25, 0.3) is 0 Å². The molecule has 1 rings (SSSR count). The normalized spacial score (nSPS) is 18.3. The number of carbonyl (C=O) groups excluding carboxylic acids is 1. The largest absolute Gasteiger partial charge is 0.393 e. The Kier molecular flexibility index (Phi) is 5.85. The average molecular weight is 257 g/mol. The van der Waals surface area contributed by atoms with Crippen molar-refractivity contribution in [2.24, 2.45) is 5.73 Å². The number of nitrogens with one attached hydrogen (secondary N) is 1. The highest BCUT2D eigenvalue weighted by atomic mass is 32.1. The molecule has 1 unspecified atom stereocenters. The van der Waals surface area contributed by atoms with Crippen molar-refractivity contribution in [2.75, 3.05) is 13.6 Å². The summed E-state index contributed by atoms with van der Waals surface area (Å²) in [5.41, 5.74) is 5.50. The summed E-state index contributed by atoms with van der Waals surface area (Å²) in [6, 6.07) is 0.601. The van der Waals surface area contributed by atoms with E-state index in [0.29, 0.717) is 24.0 Å². The molecule has 1 aliphatic rings. The monoisotopic (exact) mass is 257 g/mol. The van der Waals surface area contributed by atoms with Crippen LogP contribution in [-0.2, 0) is 4.79 Å². The summed E-state index contributed by atoms with van der Waals surface area (Å²) in [6.07, 6.45) is 5.37. The van der Waals surface area contributed by atoms with Crippen LogP contribution in [0.5, 0.6) is 0 Å². The Balaban J connectivity index is 2.26. The van der Waals surface area contributed by atoms with Gasteiger partial charge in [0.1, 0.15) is 0 Å². The number of hydrogen-bond acceptors (Lipinski definition) is 3. The number of thiocarbonyl (C=S) groups is 1. The molecule has 98 valence electrons. The second-order valence-corrected chi connectivity index (χ2v) is 5.51. The van der Waals surface area contributed by atoms with Crippen LogP contribution < -0.4 is 11.1 Å². The van der Waals surface area contributed by atoms with Crippen LogP contribution in [0.2, 0.25) is 0 Å². The standard InChI is InChI=1S/C12H23N3OS/c1-9(7-11(13)17)15(2)8-12(16)14-10-5-3-4-6-10/h9-10H,3-8H2,1-2H3,(H2,13,17)(H,14,16). The molecule has 1 saturated carbocycles. The van der Waals surface area contributed by atoms with Crippen molar-refractivity contribution in [3.63, 3.8) is 0 Å². The molecule has 0 aromatic rings. The molecular formula is C12H23N3OS. The Morgan fingerprint density at radius 1 is 1.53 bits per heavy atom. The van der Waals surface area contributed by atoms with Crippen molar-refractivity contribution < 1.29 is 4.79 Å². The second kappa shape index (κ2) is 6.91. The van der Waals surface area contributed by atoms with E-state index in [-0.39, 0.29) is 11.9 Å². The van der Waals surface area contributed by atoms with E-state index in [2.05, 4.69) is 5.32 Å². The highest BCUT2D eigenvalue weighted by molar-refractivity contribution is 7.80. The molecule has 0 bridgehead atoms. The van der Waals surface area contributed by atoms with Crippen molar-refractivity contribution in [1.82, 2.24) is 10.2 Å². The smallest absolute Gasteiger partial charge is 0.234 e. The van der Waals surface area contributed by atoms with Crippen molar-refractivity contribution in [3.8, 4) is 0 Å². The van der Waals surface area contributed by atoms with Crippen LogP contribution in [0, 0.1) is 0 Å². The van der Waals surface area contributed by atoms with Crippen LogP contribution in [0.15, 0.2) is 0 Å². The number of nitrogens with two attached hydrogens (primary N) is 1. The lowest BCUT2D eigenvalue weighted by Crippen LogP contribution is -2.43. The number of likely N-dealkylation sites (N-methyl/N-ethyl adjacent to an activating group) is 1. The van der Waals surface area contributed by atoms with Gasteiger partial charge in [-0.15, -0.1) is 0 Å². The summed E-state index contributed by atoms with van der Waals surface area (Å²) < 4.78 is 0. The molecule has 0 aromatic heterocycles. The maximum absolute atomic E-state index is 11.8. The third-order valence-corrected chi connectivity index (χ3v) is 3.53. The average Bonchev–Trinajstić information content (AvgIpc) is 2.68. The quantitative estimate of drug-likeness (QED) is 0.698. The Morgan fingerprint density at radius 3 is 2.65 bits per heavy atom. The second-order valence-electron chi connectivity index (χ2n) is 4.98. The zero-order valence-corrected chi connectivity index (χ0v) is 11.6. The zero-order chi connectivity index (χ0) is 12.8. The molecule has 0 saturated heterocycles. The first-order valence-corrected chi connectivity index (χ1v) is 6.67. The number of hydrogen-bond donors (Lipinski definition) is 2. The minimum Gasteiger partial charge on any atom is -0.393 e. The molecule has 5 heteroatoms. The van der Waals surface area contributed by atoms with Gasteiger partial charge in [-0.05, 0) is 26.8 Å². The molecule has 3 N–H and O–H groups in total. The van der Waals surface area contributed by atoms with Crippen molar-refractivity contribution in [2.45, 2.75) is 51.1 Å². The highest BCUT2D eigenvalue weighted by Gasteiger charge is 2.19. The number of nitrogens with zero attached hydrogens (tertiary/aromatic N) is 1. The molecular weight excluding hydrogens is 234 g/mol. The molecule has 1 amide bonds. The Morgan fingerprint density at radius 2 is 2.12 bits per heavy atom. The minimum absolute atomic E-state index is 0.106. The number of rotatable bonds is 6. The van der Waals surface area contributed by atoms with Gasteiger partial charge in [-0.25, -0.2) is 0 Å². The third-order valence-electron chi connectivity index (χ3n) is 3.36. The molecule has 0 radical (unpaired) electrons.